The summed E-state index contributed by atoms with van der Waals surface area (Å²) in [5.74, 6) is 5.69. The molecule has 28 heavy (non-hydrogen) atoms. The summed E-state index contributed by atoms with van der Waals surface area (Å²) in [6, 6.07) is 14.6. The highest BCUT2D eigenvalue weighted by atomic mass is 35.5. The van der Waals surface area contributed by atoms with Crippen LogP contribution in [0.2, 0.25) is 5.02 Å². The normalized spacial score (nSPS) is 18.0. The fraction of sp³-hybridized carbons (Fsp3) is 0.0909. The van der Waals surface area contributed by atoms with Crippen LogP contribution in [0.1, 0.15) is 34.4 Å². The van der Waals surface area contributed by atoms with Gasteiger partial charge in [-0.05, 0) is 47.5 Å². The topological polar surface area (TPSA) is 51.2 Å². The average molecular weight is 393 g/mol. The first-order valence-electron chi connectivity index (χ1n) is 8.54. The van der Waals surface area contributed by atoms with Crippen molar-refractivity contribution in [1.29, 1.82) is 0 Å². The van der Waals surface area contributed by atoms with E-state index in [1.165, 1.54) is 12.1 Å². The Morgan fingerprint density at radius 3 is 2.64 bits per heavy atom. The molecule has 2 aromatic carbocycles. The van der Waals surface area contributed by atoms with Gasteiger partial charge in [-0.15, -0.1) is 0 Å². The average Bonchev–Trinajstić information content (AvgIpc) is 3.09. The maximum atomic E-state index is 13.6. The molecule has 2 heterocycles. The summed E-state index contributed by atoms with van der Waals surface area (Å²) < 4.78 is 19.0. The number of amides is 1. The Bertz CT molecular complexity index is 1110. The number of alkyl carbamates (subject to hydrolysis) is 1. The minimum Gasteiger partial charge on any atom is -0.439 e. The smallest absolute Gasteiger partial charge is 0.408 e. The highest BCUT2D eigenvalue weighted by molar-refractivity contribution is 6.30. The highest BCUT2D eigenvalue weighted by Crippen LogP contribution is 2.36. The number of ether oxygens (including phenoxy) is 1. The van der Waals surface area contributed by atoms with Gasteiger partial charge in [-0.3, -0.25) is 4.98 Å². The Morgan fingerprint density at radius 2 is 1.82 bits per heavy atom. The van der Waals surface area contributed by atoms with Crippen molar-refractivity contribution in [3.8, 4) is 11.8 Å². The first-order chi connectivity index (χ1) is 13.6. The molecule has 1 saturated heterocycles. The van der Waals surface area contributed by atoms with Gasteiger partial charge in [-0.1, -0.05) is 41.6 Å². The molecule has 4 rings (SSSR count). The molecule has 1 amide bonds. The fourth-order valence-electron chi connectivity index (χ4n) is 3.03. The first kappa shape index (κ1) is 18.0. The lowest BCUT2D eigenvalue weighted by Gasteiger charge is -2.17. The van der Waals surface area contributed by atoms with Crippen LogP contribution in [-0.4, -0.2) is 11.1 Å². The van der Waals surface area contributed by atoms with Crippen LogP contribution in [0.3, 0.4) is 0 Å². The lowest BCUT2D eigenvalue weighted by atomic mass is 9.97. The van der Waals surface area contributed by atoms with Crippen LogP contribution in [0.25, 0.3) is 0 Å². The maximum absolute atomic E-state index is 13.6. The number of pyridine rings is 1. The molecule has 0 aliphatic carbocycles. The quantitative estimate of drug-likeness (QED) is 0.637. The van der Waals surface area contributed by atoms with E-state index in [0.29, 0.717) is 16.1 Å². The summed E-state index contributed by atoms with van der Waals surface area (Å²) in [5.41, 5.74) is 2.75. The van der Waals surface area contributed by atoms with Gasteiger partial charge >= 0.3 is 6.09 Å². The third kappa shape index (κ3) is 3.98. The Balaban J connectivity index is 1.64. The fourth-order valence-corrected chi connectivity index (χ4v) is 3.22. The molecule has 2 atom stereocenters. The van der Waals surface area contributed by atoms with Gasteiger partial charge in [-0.25, -0.2) is 9.18 Å². The zero-order valence-electron chi connectivity index (χ0n) is 14.5. The van der Waals surface area contributed by atoms with Crippen molar-refractivity contribution in [2.45, 2.75) is 12.1 Å². The van der Waals surface area contributed by atoms with Crippen LogP contribution in [0.15, 0.2) is 67.0 Å². The van der Waals surface area contributed by atoms with E-state index in [1.54, 1.807) is 36.7 Å². The van der Waals surface area contributed by atoms with Gasteiger partial charge in [0.05, 0.1) is 0 Å². The number of aromatic nitrogens is 1. The number of carbonyl (C=O) groups is 1. The number of cyclic esters (lactones) is 1. The van der Waals surface area contributed by atoms with Crippen molar-refractivity contribution in [2.75, 3.05) is 0 Å². The maximum Gasteiger partial charge on any atom is 0.408 e. The molecule has 138 valence electrons. The van der Waals surface area contributed by atoms with Gasteiger partial charge in [0.25, 0.3) is 0 Å². The molecule has 3 aromatic rings. The molecule has 0 saturated carbocycles. The third-order valence-corrected chi connectivity index (χ3v) is 4.52. The number of carbonyl (C=O) groups excluding carboxylic acids is 1. The third-order valence-electron chi connectivity index (χ3n) is 4.28. The van der Waals surface area contributed by atoms with Crippen molar-refractivity contribution in [1.82, 2.24) is 10.3 Å². The molecule has 1 N–H and O–H groups in total. The van der Waals surface area contributed by atoms with E-state index in [1.807, 2.05) is 18.2 Å². The number of hydrogen-bond donors (Lipinski definition) is 1. The van der Waals surface area contributed by atoms with E-state index < -0.39 is 24.1 Å². The second-order valence-electron chi connectivity index (χ2n) is 6.27. The second kappa shape index (κ2) is 7.71. The Labute approximate surface area is 166 Å². The van der Waals surface area contributed by atoms with Crippen molar-refractivity contribution in [3.05, 3.63) is 100 Å². The van der Waals surface area contributed by atoms with Gasteiger partial charge in [0.2, 0.25) is 0 Å². The lowest BCUT2D eigenvalue weighted by Crippen LogP contribution is -2.19. The molecule has 1 aliphatic rings. The Morgan fingerprint density at radius 1 is 1.00 bits per heavy atom. The summed E-state index contributed by atoms with van der Waals surface area (Å²) in [5, 5.41) is 3.37. The summed E-state index contributed by atoms with van der Waals surface area (Å²) in [7, 11) is 0. The van der Waals surface area contributed by atoms with Crippen molar-refractivity contribution in [3.63, 3.8) is 0 Å². The van der Waals surface area contributed by atoms with Crippen LogP contribution in [-0.2, 0) is 4.74 Å². The van der Waals surface area contributed by atoms with Crippen LogP contribution in [0.4, 0.5) is 9.18 Å². The second-order valence-corrected chi connectivity index (χ2v) is 6.71. The number of nitrogens with one attached hydrogen (secondary N) is 1. The van der Waals surface area contributed by atoms with E-state index in [0.717, 1.165) is 11.1 Å². The number of hydrogen-bond acceptors (Lipinski definition) is 3. The molecular formula is C22H14ClFN2O2. The molecule has 0 radical (unpaired) electrons. The predicted octanol–water partition coefficient (Wildman–Crippen LogP) is 4.80. The first-order valence-corrected chi connectivity index (χ1v) is 8.91. The number of nitrogens with zero attached hydrogens (tertiary/aromatic N) is 1. The van der Waals surface area contributed by atoms with Crippen LogP contribution >= 0.6 is 11.6 Å². The number of rotatable bonds is 2. The SMILES string of the molecule is O=C1N[C@H](c2cncc(C#Cc3cccc(Cl)c3)c2)C(c2cccc(F)c2)O1. The van der Waals surface area contributed by atoms with Crippen molar-refractivity contribution in [2.24, 2.45) is 0 Å². The van der Waals surface area contributed by atoms with Crippen molar-refractivity contribution >= 4 is 17.7 Å². The largest absolute Gasteiger partial charge is 0.439 e. The summed E-state index contributed by atoms with van der Waals surface area (Å²) in [4.78, 5) is 16.1. The Hall–Kier alpha value is -3.36. The van der Waals surface area contributed by atoms with Crippen LogP contribution in [0.5, 0.6) is 0 Å². The van der Waals surface area contributed by atoms with E-state index in [4.69, 9.17) is 16.3 Å². The zero-order valence-corrected chi connectivity index (χ0v) is 15.3. The Kier molecular flexibility index (Phi) is 4.96. The molecule has 0 spiro atoms. The summed E-state index contributed by atoms with van der Waals surface area (Å²) in [6.07, 6.45) is 2.06. The van der Waals surface area contributed by atoms with Gasteiger partial charge in [0.1, 0.15) is 11.9 Å². The molecule has 6 heteroatoms. The van der Waals surface area contributed by atoms with E-state index in [2.05, 4.69) is 22.1 Å². The standard InChI is InChI=1S/C22H14ClFN2O2/c23-18-5-1-3-14(10-18)7-8-15-9-17(13-25-12-15)20-21(28-22(27)26-20)16-4-2-6-19(24)11-16/h1-6,9-13,20-21H,(H,26,27)/t20-,21?/m1/s1. The predicted molar refractivity (Wildman–Crippen MR) is 103 cm³/mol. The van der Waals surface area contributed by atoms with Crippen molar-refractivity contribution < 1.29 is 13.9 Å². The van der Waals surface area contributed by atoms with E-state index >= 15 is 0 Å². The molecule has 1 unspecified atom stereocenters. The zero-order chi connectivity index (χ0) is 19.5. The minimum absolute atomic E-state index is 0.390. The molecule has 1 aliphatic heterocycles. The molecular weight excluding hydrogens is 379 g/mol. The monoisotopic (exact) mass is 392 g/mol. The van der Waals surface area contributed by atoms with Gasteiger partial charge in [-0.2, -0.15) is 0 Å². The van der Waals surface area contributed by atoms with Gasteiger partial charge in [0.15, 0.2) is 6.10 Å². The summed E-state index contributed by atoms with van der Waals surface area (Å²) >= 11 is 5.98. The minimum atomic E-state index is -0.652. The molecule has 0 bridgehead atoms. The van der Waals surface area contributed by atoms with E-state index in [-0.39, 0.29) is 0 Å². The molecule has 1 fully saturated rings. The van der Waals surface area contributed by atoms with Crippen LogP contribution < -0.4 is 5.32 Å². The van der Waals surface area contributed by atoms with Gasteiger partial charge < -0.3 is 10.1 Å². The number of benzene rings is 2. The highest BCUT2D eigenvalue weighted by Gasteiger charge is 2.36. The summed E-state index contributed by atoms with van der Waals surface area (Å²) in [6.45, 7) is 0. The lowest BCUT2D eigenvalue weighted by molar-refractivity contribution is 0.132. The molecule has 1 aromatic heterocycles. The van der Waals surface area contributed by atoms with E-state index in [9.17, 15) is 9.18 Å². The van der Waals surface area contributed by atoms with Crippen LogP contribution in [0, 0.1) is 17.7 Å². The number of halogens is 2. The van der Waals surface area contributed by atoms with Gasteiger partial charge in [0, 0.05) is 28.5 Å². The molecule has 4 nitrogen and oxygen atoms in total.